The lowest BCUT2D eigenvalue weighted by atomic mass is 10.2. The predicted octanol–water partition coefficient (Wildman–Crippen LogP) is 2.08. The second kappa shape index (κ2) is 7.14. The molecule has 0 radical (unpaired) electrons. The predicted molar refractivity (Wildman–Crippen MR) is 98.2 cm³/mol. The first-order valence-corrected chi connectivity index (χ1v) is 8.79. The molecule has 1 atom stereocenters. The zero-order chi connectivity index (χ0) is 18.8. The Balaban J connectivity index is 1.40. The second-order valence-electron chi connectivity index (χ2n) is 6.42. The molecular weight excluding hydrogens is 350 g/mol. The van der Waals surface area contributed by atoms with Gasteiger partial charge in [-0.25, -0.2) is 0 Å². The summed E-state index contributed by atoms with van der Waals surface area (Å²) in [5.74, 6) is 1.09. The first kappa shape index (κ1) is 17.1. The normalized spacial score (nSPS) is 18.9. The summed E-state index contributed by atoms with van der Waals surface area (Å²) in [7, 11) is 0. The number of hydrogen-bond acceptors (Lipinski definition) is 6. The van der Waals surface area contributed by atoms with Gasteiger partial charge in [0.05, 0.1) is 4.92 Å². The molecule has 2 aromatic carbocycles. The van der Waals surface area contributed by atoms with E-state index in [9.17, 15) is 14.9 Å². The minimum atomic E-state index is -0.669. The molecule has 2 aliphatic rings. The van der Waals surface area contributed by atoms with Crippen LogP contribution in [0.3, 0.4) is 0 Å². The zero-order valence-electron chi connectivity index (χ0n) is 14.6. The Kier molecular flexibility index (Phi) is 4.53. The van der Waals surface area contributed by atoms with E-state index in [0.717, 1.165) is 0 Å². The molecule has 27 heavy (non-hydrogen) atoms. The molecule has 0 spiro atoms. The Hall–Kier alpha value is -3.29. The molecule has 1 amide bonds. The number of para-hydroxylation sites is 4. The lowest BCUT2D eigenvalue weighted by Gasteiger charge is -2.37. The molecule has 8 nitrogen and oxygen atoms in total. The maximum Gasteiger partial charge on any atom is 0.292 e. The number of fused-ring (bicyclic) bond motifs is 1. The number of nitro groups is 1. The van der Waals surface area contributed by atoms with Crippen molar-refractivity contribution in [3.8, 4) is 11.5 Å². The van der Waals surface area contributed by atoms with Crippen molar-refractivity contribution in [3.05, 3.63) is 58.6 Å². The average molecular weight is 369 g/mol. The molecule has 0 saturated carbocycles. The molecule has 0 aliphatic carbocycles. The van der Waals surface area contributed by atoms with Gasteiger partial charge >= 0.3 is 0 Å². The van der Waals surface area contributed by atoms with Gasteiger partial charge in [0.15, 0.2) is 11.5 Å². The molecule has 8 heteroatoms. The monoisotopic (exact) mass is 369 g/mol. The van der Waals surface area contributed by atoms with Crippen molar-refractivity contribution < 1.29 is 19.2 Å². The van der Waals surface area contributed by atoms with Gasteiger partial charge in [-0.3, -0.25) is 14.9 Å². The SMILES string of the molecule is O=C([C@@H]1COc2ccccc2O1)N1CCN(c2ccccc2[N+](=O)[O-])CC1. The smallest absolute Gasteiger partial charge is 0.292 e. The molecule has 0 N–H and O–H groups in total. The van der Waals surface area contributed by atoms with Crippen LogP contribution < -0.4 is 14.4 Å². The van der Waals surface area contributed by atoms with Crippen LogP contribution in [0.1, 0.15) is 0 Å². The van der Waals surface area contributed by atoms with E-state index in [0.29, 0.717) is 43.4 Å². The van der Waals surface area contributed by atoms with Crippen LogP contribution >= 0.6 is 0 Å². The lowest BCUT2D eigenvalue weighted by Crippen LogP contribution is -2.54. The third-order valence-corrected chi connectivity index (χ3v) is 4.79. The van der Waals surface area contributed by atoms with Crippen molar-refractivity contribution >= 4 is 17.3 Å². The van der Waals surface area contributed by atoms with Gasteiger partial charge in [0.1, 0.15) is 12.3 Å². The number of carbonyl (C=O) groups excluding carboxylic acids is 1. The van der Waals surface area contributed by atoms with Crippen LogP contribution in [0.25, 0.3) is 0 Å². The van der Waals surface area contributed by atoms with Crippen LogP contribution in [0.15, 0.2) is 48.5 Å². The Morgan fingerprint density at radius 1 is 1.00 bits per heavy atom. The van der Waals surface area contributed by atoms with Crippen LogP contribution in [0.5, 0.6) is 11.5 Å². The van der Waals surface area contributed by atoms with Crippen LogP contribution in [0, 0.1) is 10.1 Å². The van der Waals surface area contributed by atoms with Crippen molar-refractivity contribution in [2.45, 2.75) is 6.10 Å². The number of amides is 1. The number of nitro benzene ring substituents is 1. The number of carbonyl (C=O) groups is 1. The molecule has 0 aromatic heterocycles. The van der Waals surface area contributed by atoms with Crippen LogP contribution in [0.4, 0.5) is 11.4 Å². The van der Waals surface area contributed by atoms with Crippen LogP contribution in [-0.4, -0.2) is 54.6 Å². The first-order chi connectivity index (χ1) is 13.1. The lowest BCUT2D eigenvalue weighted by molar-refractivity contribution is -0.384. The zero-order valence-corrected chi connectivity index (χ0v) is 14.6. The fraction of sp³-hybridized carbons (Fsp3) is 0.316. The topological polar surface area (TPSA) is 85.2 Å². The number of benzene rings is 2. The molecular formula is C19H19N3O5. The Bertz CT molecular complexity index is 864. The van der Waals surface area contributed by atoms with E-state index in [2.05, 4.69) is 0 Å². The van der Waals surface area contributed by atoms with Gasteiger partial charge in [-0.2, -0.15) is 0 Å². The summed E-state index contributed by atoms with van der Waals surface area (Å²) in [5.41, 5.74) is 0.665. The second-order valence-corrected chi connectivity index (χ2v) is 6.42. The summed E-state index contributed by atoms with van der Waals surface area (Å²) >= 11 is 0. The standard InChI is InChI=1S/C19H19N3O5/c23-19(18-13-26-16-7-3-4-8-17(16)27-18)21-11-9-20(10-12-21)14-5-1-2-6-15(14)22(24)25/h1-8,18H,9-13H2/t18-/m0/s1. The van der Waals surface area contributed by atoms with Gasteiger partial charge in [0.2, 0.25) is 6.10 Å². The highest BCUT2D eigenvalue weighted by atomic mass is 16.6. The number of nitrogens with zero attached hydrogens (tertiary/aromatic N) is 3. The molecule has 4 rings (SSSR count). The maximum atomic E-state index is 12.8. The van der Waals surface area contributed by atoms with E-state index in [4.69, 9.17) is 9.47 Å². The molecule has 0 unspecified atom stereocenters. The van der Waals surface area contributed by atoms with E-state index in [1.54, 1.807) is 29.2 Å². The summed E-state index contributed by atoms with van der Waals surface area (Å²) in [5, 5.41) is 11.2. The van der Waals surface area contributed by atoms with Gasteiger partial charge in [-0.15, -0.1) is 0 Å². The Morgan fingerprint density at radius 3 is 2.41 bits per heavy atom. The third-order valence-electron chi connectivity index (χ3n) is 4.79. The highest BCUT2D eigenvalue weighted by Gasteiger charge is 2.33. The molecule has 2 heterocycles. The van der Waals surface area contributed by atoms with Gasteiger partial charge in [-0.1, -0.05) is 24.3 Å². The molecule has 1 saturated heterocycles. The first-order valence-electron chi connectivity index (χ1n) is 8.79. The molecule has 1 fully saturated rings. The van der Waals surface area contributed by atoms with E-state index in [1.807, 2.05) is 23.1 Å². The fourth-order valence-corrected chi connectivity index (χ4v) is 3.40. The van der Waals surface area contributed by atoms with E-state index in [-0.39, 0.29) is 23.1 Å². The number of ether oxygens (including phenoxy) is 2. The van der Waals surface area contributed by atoms with Crippen molar-refractivity contribution in [1.29, 1.82) is 0 Å². The highest BCUT2D eigenvalue weighted by molar-refractivity contribution is 5.82. The van der Waals surface area contributed by atoms with E-state index < -0.39 is 6.10 Å². The number of rotatable bonds is 3. The maximum absolute atomic E-state index is 12.8. The molecule has 2 aromatic rings. The highest BCUT2D eigenvalue weighted by Crippen LogP contribution is 2.32. The summed E-state index contributed by atoms with van der Waals surface area (Å²) in [4.78, 5) is 27.3. The summed E-state index contributed by atoms with van der Waals surface area (Å²) < 4.78 is 11.4. The minimum Gasteiger partial charge on any atom is -0.485 e. The molecule has 2 aliphatic heterocycles. The van der Waals surface area contributed by atoms with Crippen molar-refractivity contribution in [2.75, 3.05) is 37.7 Å². The molecule has 140 valence electrons. The van der Waals surface area contributed by atoms with E-state index >= 15 is 0 Å². The quantitative estimate of drug-likeness (QED) is 0.608. The largest absolute Gasteiger partial charge is 0.485 e. The van der Waals surface area contributed by atoms with Gasteiger partial charge < -0.3 is 19.3 Å². The number of hydrogen-bond donors (Lipinski definition) is 0. The van der Waals surface area contributed by atoms with Gasteiger partial charge in [0, 0.05) is 32.2 Å². The Morgan fingerprint density at radius 2 is 1.67 bits per heavy atom. The molecule has 0 bridgehead atoms. The average Bonchev–Trinajstić information content (AvgIpc) is 2.73. The number of piperazine rings is 1. The van der Waals surface area contributed by atoms with E-state index in [1.165, 1.54) is 6.07 Å². The minimum absolute atomic E-state index is 0.0814. The van der Waals surface area contributed by atoms with Crippen molar-refractivity contribution in [3.63, 3.8) is 0 Å². The number of anilines is 1. The summed E-state index contributed by atoms with van der Waals surface area (Å²) in [6.07, 6.45) is -0.669. The summed E-state index contributed by atoms with van der Waals surface area (Å²) in [6, 6.07) is 13.9. The van der Waals surface area contributed by atoms with Crippen LogP contribution in [-0.2, 0) is 4.79 Å². The van der Waals surface area contributed by atoms with Crippen molar-refractivity contribution in [1.82, 2.24) is 4.90 Å². The van der Waals surface area contributed by atoms with Gasteiger partial charge in [0.25, 0.3) is 11.6 Å². The Labute approximate surface area is 156 Å². The fourth-order valence-electron chi connectivity index (χ4n) is 3.40. The third kappa shape index (κ3) is 3.38. The summed E-state index contributed by atoms with van der Waals surface area (Å²) in [6.45, 7) is 2.19. The van der Waals surface area contributed by atoms with Crippen LogP contribution in [0.2, 0.25) is 0 Å². The van der Waals surface area contributed by atoms with Crippen molar-refractivity contribution in [2.24, 2.45) is 0 Å². The van der Waals surface area contributed by atoms with Gasteiger partial charge in [-0.05, 0) is 18.2 Å².